The molecule has 1 fully saturated rings. The molecule has 2 heterocycles. The Labute approximate surface area is 204 Å². The highest BCUT2D eigenvalue weighted by molar-refractivity contribution is 6.31. The van der Waals surface area contributed by atoms with Gasteiger partial charge in [0, 0.05) is 22.3 Å². The maximum atomic E-state index is 14.5. The summed E-state index contributed by atoms with van der Waals surface area (Å²) in [6, 6.07) is 22.9. The minimum Gasteiger partial charge on any atom is -0.350 e. The van der Waals surface area contributed by atoms with Crippen molar-refractivity contribution in [1.29, 1.82) is 0 Å². The number of carbonyl (C=O) groups excluding carboxylic acids is 2. The second-order valence-corrected chi connectivity index (χ2v) is 9.76. The second kappa shape index (κ2) is 8.17. The van der Waals surface area contributed by atoms with Crippen molar-refractivity contribution in [3.05, 3.63) is 94.5 Å². The zero-order chi connectivity index (χ0) is 23.3. The van der Waals surface area contributed by atoms with E-state index in [-0.39, 0.29) is 17.9 Å². The van der Waals surface area contributed by atoms with Crippen LogP contribution in [0.1, 0.15) is 53.6 Å². The predicted octanol–water partition coefficient (Wildman–Crippen LogP) is 5.94. The van der Waals surface area contributed by atoms with Crippen molar-refractivity contribution in [2.75, 3.05) is 10.2 Å². The molecule has 1 aliphatic carbocycles. The zero-order valence-electron chi connectivity index (χ0n) is 18.8. The molecule has 1 saturated carbocycles. The summed E-state index contributed by atoms with van der Waals surface area (Å²) in [6.07, 6.45) is 5.09. The summed E-state index contributed by atoms with van der Waals surface area (Å²) in [5.74, 6) is -0.217. The molecule has 3 aliphatic rings. The van der Waals surface area contributed by atoms with Crippen molar-refractivity contribution >= 4 is 34.8 Å². The third kappa shape index (κ3) is 3.07. The molecule has 2 aliphatic heterocycles. The number of hydrogen-bond donors (Lipinski definition) is 1. The van der Waals surface area contributed by atoms with Crippen LogP contribution in [0.3, 0.4) is 0 Å². The van der Waals surface area contributed by atoms with Crippen molar-refractivity contribution in [2.45, 2.75) is 50.4 Å². The number of hydrogen-bond acceptors (Lipinski definition) is 3. The number of halogens is 1. The van der Waals surface area contributed by atoms with Gasteiger partial charge in [0.15, 0.2) is 0 Å². The van der Waals surface area contributed by atoms with Crippen LogP contribution in [-0.2, 0) is 17.0 Å². The number of para-hydroxylation sites is 2. The fraction of sp³-hybridized carbons (Fsp3) is 0.286. The largest absolute Gasteiger partial charge is 0.350 e. The average Bonchev–Trinajstić information content (AvgIpc) is 3.09. The summed E-state index contributed by atoms with van der Waals surface area (Å²) in [6.45, 7) is 0.341. The molecule has 1 N–H and O–H groups in total. The lowest BCUT2D eigenvalue weighted by atomic mass is 9.86. The van der Waals surface area contributed by atoms with Crippen LogP contribution in [0.4, 0.5) is 11.4 Å². The first-order chi connectivity index (χ1) is 16.6. The molecule has 34 heavy (non-hydrogen) atoms. The molecule has 0 saturated heterocycles. The number of amides is 2. The fourth-order valence-corrected chi connectivity index (χ4v) is 6.03. The van der Waals surface area contributed by atoms with Gasteiger partial charge in [0.05, 0.1) is 17.8 Å². The van der Waals surface area contributed by atoms with E-state index < -0.39 is 5.66 Å². The van der Waals surface area contributed by atoms with Crippen LogP contribution in [0, 0.1) is 0 Å². The highest BCUT2D eigenvalue weighted by Crippen LogP contribution is 2.50. The zero-order valence-corrected chi connectivity index (χ0v) is 19.6. The molecule has 0 radical (unpaired) electrons. The highest BCUT2D eigenvalue weighted by atomic mass is 35.5. The minimum absolute atomic E-state index is 0.000578. The minimum atomic E-state index is -1.27. The number of fused-ring (bicyclic) bond motifs is 3. The molecule has 1 spiro atoms. The van der Waals surface area contributed by atoms with Gasteiger partial charge in [0.25, 0.3) is 11.8 Å². The van der Waals surface area contributed by atoms with E-state index in [9.17, 15) is 9.59 Å². The Morgan fingerprint density at radius 2 is 1.59 bits per heavy atom. The predicted molar refractivity (Wildman–Crippen MR) is 134 cm³/mol. The third-order valence-electron chi connectivity index (χ3n) is 7.42. The van der Waals surface area contributed by atoms with Crippen LogP contribution >= 0.6 is 11.6 Å². The Morgan fingerprint density at radius 1 is 0.882 bits per heavy atom. The second-order valence-electron chi connectivity index (χ2n) is 9.35. The molecular weight excluding hydrogens is 446 g/mol. The van der Waals surface area contributed by atoms with Crippen LogP contribution in [0.5, 0.6) is 0 Å². The molecule has 0 aromatic heterocycles. The standard InChI is InChI=1S/C28H26ClN3O2/c29-23-15-7-4-10-19(23)18-31-25-17-9-6-14-22(25)28(27(31)34)30-24-16-8-5-13-21(24)26(33)32(28)20-11-2-1-3-12-20/h4-10,13-17,20,30H,1-3,11-12,18H2/t28-/m1/s1. The van der Waals surface area contributed by atoms with E-state index >= 15 is 0 Å². The summed E-state index contributed by atoms with van der Waals surface area (Å²) in [5, 5.41) is 4.19. The van der Waals surface area contributed by atoms with Crippen molar-refractivity contribution in [3.63, 3.8) is 0 Å². The van der Waals surface area contributed by atoms with Gasteiger partial charge in [-0.15, -0.1) is 0 Å². The summed E-state index contributed by atoms with van der Waals surface area (Å²) in [7, 11) is 0. The van der Waals surface area contributed by atoms with Gasteiger partial charge in [-0.05, 0) is 42.7 Å². The smallest absolute Gasteiger partial charge is 0.279 e. The van der Waals surface area contributed by atoms with Crippen LogP contribution in [0.2, 0.25) is 5.02 Å². The van der Waals surface area contributed by atoms with Gasteiger partial charge in [0.1, 0.15) is 0 Å². The Balaban J connectivity index is 1.54. The number of benzene rings is 3. The first-order valence-corrected chi connectivity index (χ1v) is 12.3. The molecular formula is C28H26ClN3O2. The van der Waals surface area contributed by atoms with Gasteiger partial charge in [-0.25, -0.2) is 0 Å². The van der Waals surface area contributed by atoms with E-state index in [2.05, 4.69) is 5.32 Å². The third-order valence-corrected chi connectivity index (χ3v) is 7.79. The molecule has 0 bridgehead atoms. The molecule has 5 nitrogen and oxygen atoms in total. The van der Waals surface area contributed by atoms with Crippen LogP contribution in [0.25, 0.3) is 0 Å². The first kappa shape index (κ1) is 21.2. The van der Waals surface area contributed by atoms with E-state index in [1.807, 2.05) is 77.7 Å². The van der Waals surface area contributed by atoms with E-state index in [1.165, 1.54) is 6.42 Å². The summed E-state index contributed by atoms with van der Waals surface area (Å²) in [5.41, 5.74) is 2.55. The van der Waals surface area contributed by atoms with Gasteiger partial charge in [-0.1, -0.05) is 79.4 Å². The average molecular weight is 472 g/mol. The number of anilines is 2. The lowest BCUT2D eigenvalue weighted by Crippen LogP contribution is -2.65. The van der Waals surface area contributed by atoms with E-state index in [4.69, 9.17) is 11.6 Å². The molecule has 3 aromatic rings. The molecule has 2 amide bonds. The van der Waals surface area contributed by atoms with E-state index in [0.717, 1.165) is 42.5 Å². The van der Waals surface area contributed by atoms with E-state index in [0.29, 0.717) is 22.8 Å². The quantitative estimate of drug-likeness (QED) is 0.514. The van der Waals surface area contributed by atoms with E-state index in [1.54, 1.807) is 4.90 Å². The number of rotatable bonds is 3. The number of nitrogens with one attached hydrogen (secondary N) is 1. The highest BCUT2D eigenvalue weighted by Gasteiger charge is 2.60. The van der Waals surface area contributed by atoms with Crippen molar-refractivity contribution in [1.82, 2.24) is 4.90 Å². The Kier molecular flexibility index (Phi) is 5.10. The van der Waals surface area contributed by atoms with Crippen molar-refractivity contribution in [2.24, 2.45) is 0 Å². The molecule has 1 atom stereocenters. The summed E-state index contributed by atoms with van der Waals surface area (Å²) >= 11 is 6.48. The van der Waals surface area contributed by atoms with Crippen LogP contribution in [0.15, 0.2) is 72.8 Å². The Bertz CT molecular complexity index is 1290. The number of carbonyl (C=O) groups is 2. The molecule has 172 valence electrons. The lowest BCUT2D eigenvalue weighted by Gasteiger charge is -2.49. The molecule has 3 aromatic carbocycles. The number of nitrogens with zero attached hydrogens (tertiary/aromatic N) is 2. The van der Waals surface area contributed by atoms with Crippen molar-refractivity contribution in [3.8, 4) is 0 Å². The van der Waals surface area contributed by atoms with Gasteiger partial charge >= 0.3 is 0 Å². The SMILES string of the molecule is O=C1c2ccccc2N[C@@]2(C(=O)N(Cc3ccccc3Cl)c3ccccc32)N1C1CCCCC1. The first-order valence-electron chi connectivity index (χ1n) is 12.0. The maximum Gasteiger partial charge on any atom is 0.279 e. The summed E-state index contributed by atoms with van der Waals surface area (Å²) < 4.78 is 0. The van der Waals surface area contributed by atoms with Crippen LogP contribution in [-0.4, -0.2) is 22.8 Å². The Hall–Kier alpha value is -3.31. The van der Waals surface area contributed by atoms with Gasteiger partial charge in [0.2, 0.25) is 5.66 Å². The topological polar surface area (TPSA) is 52.7 Å². The van der Waals surface area contributed by atoms with Gasteiger partial charge in [-0.2, -0.15) is 0 Å². The fourth-order valence-electron chi connectivity index (χ4n) is 5.84. The van der Waals surface area contributed by atoms with Crippen LogP contribution < -0.4 is 10.2 Å². The molecule has 0 unspecified atom stereocenters. The maximum absolute atomic E-state index is 14.5. The lowest BCUT2D eigenvalue weighted by molar-refractivity contribution is -0.129. The summed E-state index contributed by atoms with van der Waals surface area (Å²) in [4.78, 5) is 32.2. The van der Waals surface area contributed by atoms with Gasteiger partial charge < -0.3 is 15.1 Å². The monoisotopic (exact) mass is 471 g/mol. The van der Waals surface area contributed by atoms with Gasteiger partial charge in [-0.3, -0.25) is 9.59 Å². The van der Waals surface area contributed by atoms with Crippen molar-refractivity contribution < 1.29 is 9.59 Å². The normalized spacial score (nSPS) is 22.0. The molecule has 6 rings (SSSR count). The Morgan fingerprint density at radius 3 is 2.41 bits per heavy atom. The molecule has 6 heteroatoms.